The molecule has 0 saturated carbocycles. The number of nitrogens with zero attached hydrogens (tertiary/aromatic N) is 3. The monoisotopic (exact) mass is 322 g/mol. The van der Waals surface area contributed by atoms with Gasteiger partial charge in [-0.1, -0.05) is 24.3 Å². The normalized spacial score (nSPS) is 17.6. The highest BCUT2D eigenvalue weighted by Gasteiger charge is 2.24. The topological polar surface area (TPSA) is 72.2 Å². The Morgan fingerprint density at radius 3 is 2.79 bits per heavy atom. The zero-order chi connectivity index (χ0) is 16.8. The van der Waals surface area contributed by atoms with Gasteiger partial charge in [-0.2, -0.15) is 5.26 Å². The van der Waals surface area contributed by atoms with Crippen molar-refractivity contribution in [3.63, 3.8) is 0 Å². The van der Waals surface area contributed by atoms with Gasteiger partial charge in [-0.15, -0.1) is 0 Å². The summed E-state index contributed by atoms with van der Waals surface area (Å²) in [6.45, 7) is 2.83. The minimum atomic E-state index is 0.232. The molecule has 5 heteroatoms. The molecule has 1 aromatic carbocycles. The molecular formula is C19H22N4O. The standard InChI is InChI=1S/C19H22N4O/c20-10-15-7-8-19(21-11-15)22-12-16-4-1-2-5-17(16)13-23-9-3-6-18(23)14-24/h1-2,4-5,7-8,11,18,24H,3,6,9,12-14H2,(H,21,22)/t18-/m0/s1. The molecule has 24 heavy (non-hydrogen) atoms. The fraction of sp³-hybridized carbons (Fsp3) is 0.368. The van der Waals surface area contributed by atoms with E-state index < -0.39 is 0 Å². The van der Waals surface area contributed by atoms with Crippen LogP contribution in [0.1, 0.15) is 29.5 Å². The lowest BCUT2D eigenvalue weighted by Crippen LogP contribution is -2.32. The average molecular weight is 322 g/mol. The first-order valence-electron chi connectivity index (χ1n) is 8.32. The van der Waals surface area contributed by atoms with Gasteiger partial charge in [0.1, 0.15) is 11.9 Å². The SMILES string of the molecule is N#Cc1ccc(NCc2ccccc2CN2CCC[C@H]2CO)nc1. The summed E-state index contributed by atoms with van der Waals surface area (Å²) in [6, 6.07) is 14.3. The van der Waals surface area contributed by atoms with Crippen molar-refractivity contribution in [1.29, 1.82) is 5.26 Å². The van der Waals surface area contributed by atoms with Crippen LogP contribution in [0.2, 0.25) is 0 Å². The number of pyridine rings is 1. The average Bonchev–Trinajstić information content (AvgIpc) is 3.08. The van der Waals surface area contributed by atoms with Crippen molar-refractivity contribution in [2.45, 2.75) is 32.0 Å². The Kier molecular flexibility index (Phi) is 5.42. The van der Waals surface area contributed by atoms with Gasteiger partial charge in [-0.3, -0.25) is 4.90 Å². The third-order valence-corrected chi connectivity index (χ3v) is 4.55. The zero-order valence-corrected chi connectivity index (χ0v) is 13.7. The van der Waals surface area contributed by atoms with Crippen LogP contribution in [-0.2, 0) is 13.1 Å². The smallest absolute Gasteiger partial charge is 0.126 e. The van der Waals surface area contributed by atoms with Crippen LogP contribution >= 0.6 is 0 Å². The van der Waals surface area contributed by atoms with E-state index in [9.17, 15) is 5.11 Å². The van der Waals surface area contributed by atoms with Gasteiger partial charge >= 0.3 is 0 Å². The molecule has 1 aromatic heterocycles. The molecule has 0 bridgehead atoms. The Balaban J connectivity index is 1.66. The van der Waals surface area contributed by atoms with E-state index in [1.165, 1.54) is 11.1 Å². The summed E-state index contributed by atoms with van der Waals surface area (Å²) in [5.74, 6) is 0.762. The van der Waals surface area contributed by atoms with Crippen molar-refractivity contribution in [2.24, 2.45) is 0 Å². The molecule has 1 atom stereocenters. The van der Waals surface area contributed by atoms with Gasteiger partial charge in [0.15, 0.2) is 0 Å². The van der Waals surface area contributed by atoms with Crippen LogP contribution in [0.5, 0.6) is 0 Å². The van der Waals surface area contributed by atoms with Crippen molar-refractivity contribution in [3.05, 3.63) is 59.3 Å². The van der Waals surface area contributed by atoms with Crippen molar-refractivity contribution in [2.75, 3.05) is 18.5 Å². The van der Waals surface area contributed by atoms with Gasteiger partial charge in [-0.05, 0) is 42.6 Å². The fourth-order valence-corrected chi connectivity index (χ4v) is 3.16. The highest BCUT2D eigenvalue weighted by molar-refractivity contribution is 5.40. The predicted molar refractivity (Wildman–Crippen MR) is 93.2 cm³/mol. The van der Waals surface area contributed by atoms with E-state index in [0.29, 0.717) is 12.1 Å². The number of anilines is 1. The molecule has 124 valence electrons. The fourth-order valence-electron chi connectivity index (χ4n) is 3.16. The summed E-state index contributed by atoms with van der Waals surface area (Å²) in [7, 11) is 0. The Bertz CT molecular complexity index is 708. The molecule has 2 heterocycles. The second-order valence-corrected chi connectivity index (χ2v) is 6.12. The third kappa shape index (κ3) is 3.91. The number of nitriles is 1. The zero-order valence-electron chi connectivity index (χ0n) is 13.7. The number of benzene rings is 1. The van der Waals surface area contributed by atoms with Gasteiger partial charge in [0, 0.05) is 25.3 Å². The highest BCUT2D eigenvalue weighted by Crippen LogP contribution is 2.21. The highest BCUT2D eigenvalue weighted by atomic mass is 16.3. The van der Waals surface area contributed by atoms with Crippen LogP contribution in [0, 0.1) is 11.3 Å². The van der Waals surface area contributed by atoms with Crippen LogP contribution in [0.25, 0.3) is 0 Å². The number of aliphatic hydroxyl groups is 1. The van der Waals surface area contributed by atoms with Crippen LogP contribution in [-0.4, -0.2) is 34.2 Å². The van der Waals surface area contributed by atoms with Gasteiger partial charge < -0.3 is 10.4 Å². The molecule has 5 nitrogen and oxygen atoms in total. The maximum Gasteiger partial charge on any atom is 0.126 e. The number of hydrogen-bond acceptors (Lipinski definition) is 5. The molecule has 1 aliphatic rings. The number of likely N-dealkylation sites (tertiary alicyclic amines) is 1. The van der Waals surface area contributed by atoms with E-state index in [1.807, 2.05) is 12.1 Å². The lowest BCUT2D eigenvalue weighted by molar-refractivity contribution is 0.153. The van der Waals surface area contributed by atoms with E-state index >= 15 is 0 Å². The summed E-state index contributed by atoms with van der Waals surface area (Å²) in [5.41, 5.74) is 3.07. The number of aliphatic hydroxyl groups excluding tert-OH is 1. The summed E-state index contributed by atoms with van der Waals surface area (Å²) < 4.78 is 0. The van der Waals surface area contributed by atoms with E-state index in [0.717, 1.165) is 31.7 Å². The van der Waals surface area contributed by atoms with Gasteiger partial charge in [0.25, 0.3) is 0 Å². The Morgan fingerprint density at radius 2 is 2.08 bits per heavy atom. The van der Waals surface area contributed by atoms with Crippen molar-refractivity contribution >= 4 is 5.82 Å². The molecule has 2 aromatic rings. The quantitative estimate of drug-likeness (QED) is 0.855. The minimum Gasteiger partial charge on any atom is -0.395 e. The molecule has 1 fully saturated rings. The van der Waals surface area contributed by atoms with Crippen LogP contribution < -0.4 is 5.32 Å². The first-order valence-corrected chi connectivity index (χ1v) is 8.32. The van der Waals surface area contributed by atoms with Gasteiger partial charge in [0.05, 0.1) is 12.2 Å². The first kappa shape index (κ1) is 16.4. The summed E-state index contributed by atoms with van der Waals surface area (Å²) in [4.78, 5) is 6.61. The number of hydrogen-bond donors (Lipinski definition) is 2. The number of aromatic nitrogens is 1. The molecule has 0 unspecified atom stereocenters. The van der Waals surface area contributed by atoms with E-state index in [-0.39, 0.29) is 12.6 Å². The lowest BCUT2D eigenvalue weighted by atomic mass is 10.1. The predicted octanol–water partition coefficient (Wildman–Crippen LogP) is 2.52. The molecule has 2 N–H and O–H groups in total. The van der Waals surface area contributed by atoms with Crippen molar-refractivity contribution < 1.29 is 5.11 Å². The summed E-state index contributed by atoms with van der Waals surface area (Å²) in [5, 5.41) is 21.6. The maximum atomic E-state index is 9.49. The third-order valence-electron chi connectivity index (χ3n) is 4.55. The van der Waals surface area contributed by atoms with Crippen molar-refractivity contribution in [1.82, 2.24) is 9.88 Å². The van der Waals surface area contributed by atoms with E-state index in [2.05, 4.69) is 39.5 Å². The first-order chi connectivity index (χ1) is 11.8. The Morgan fingerprint density at radius 1 is 1.25 bits per heavy atom. The molecule has 0 radical (unpaired) electrons. The molecule has 1 saturated heterocycles. The van der Waals surface area contributed by atoms with E-state index in [4.69, 9.17) is 5.26 Å². The lowest BCUT2D eigenvalue weighted by Gasteiger charge is -2.24. The Hall–Kier alpha value is -2.42. The Labute approximate surface area is 142 Å². The maximum absolute atomic E-state index is 9.49. The summed E-state index contributed by atoms with van der Waals surface area (Å²) in [6.07, 6.45) is 3.80. The van der Waals surface area contributed by atoms with Crippen LogP contribution in [0.3, 0.4) is 0 Å². The number of rotatable bonds is 6. The molecule has 0 aliphatic carbocycles. The van der Waals surface area contributed by atoms with E-state index in [1.54, 1.807) is 12.3 Å². The summed E-state index contributed by atoms with van der Waals surface area (Å²) >= 11 is 0. The van der Waals surface area contributed by atoms with Crippen LogP contribution in [0.4, 0.5) is 5.82 Å². The van der Waals surface area contributed by atoms with Gasteiger partial charge in [-0.25, -0.2) is 4.98 Å². The van der Waals surface area contributed by atoms with Crippen molar-refractivity contribution in [3.8, 4) is 6.07 Å². The molecular weight excluding hydrogens is 300 g/mol. The molecule has 0 spiro atoms. The second kappa shape index (κ2) is 7.91. The molecule has 1 aliphatic heterocycles. The molecule has 3 rings (SSSR count). The van der Waals surface area contributed by atoms with Crippen LogP contribution in [0.15, 0.2) is 42.6 Å². The second-order valence-electron chi connectivity index (χ2n) is 6.12. The van der Waals surface area contributed by atoms with Gasteiger partial charge in [0.2, 0.25) is 0 Å². The minimum absolute atomic E-state index is 0.232. The largest absolute Gasteiger partial charge is 0.395 e. The molecule has 0 amide bonds. The number of nitrogens with one attached hydrogen (secondary N) is 1.